The molecule has 0 aromatic heterocycles. The molecule has 4 fully saturated rings. The zero-order valence-electron chi connectivity index (χ0n) is 12.3. The van der Waals surface area contributed by atoms with Gasteiger partial charge in [-0.1, -0.05) is 6.92 Å². The van der Waals surface area contributed by atoms with Gasteiger partial charge in [-0.15, -0.1) is 0 Å². The third kappa shape index (κ3) is 1.27. The van der Waals surface area contributed by atoms with Gasteiger partial charge in [0.1, 0.15) is 16.9 Å². The van der Waals surface area contributed by atoms with Crippen LogP contribution in [0.3, 0.4) is 0 Å². The van der Waals surface area contributed by atoms with E-state index in [1.54, 1.807) is 0 Å². The van der Waals surface area contributed by atoms with Crippen molar-refractivity contribution in [2.75, 3.05) is 13.1 Å². The maximum atomic E-state index is 13.6. The smallest absolute Gasteiger partial charge is 0.142 e. The average molecular weight is 279 g/mol. The van der Waals surface area contributed by atoms with Crippen LogP contribution in [0.5, 0.6) is 0 Å². The van der Waals surface area contributed by atoms with Crippen LogP contribution in [-0.4, -0.2) is 39.8 Å². The van der Waals surface area contributed by atoms with Gasteiger partial charge in [0.2, 0.25) is 0 Å². The van der Waals surface area contributed by atoms with E-state index < -0.39 is 11.1 Å². The Bertz CT molecular complexity index is 463. The van der Waals surface area contributed by atoms with Crippen molar-refractivity contribution in [2.24, 2.45) is 17.8 Å². The molecule has 0 amide bonds. The molecule has 0 aromatic carbocycles. The van der Waals surface area contributed by atoms with E-state index in [0.717, 1.165) is 38.5 Å². The highest BCUT2D eigenvalue weighted by atomic mass is 16.6. The Labute approximate surface area is 120 Å². The van der Waals surface area contributed by atoms with Gasteiger partial charge in [0.25, 0.3) is 0 Å². The summed E-state index contributed by atoms with van der Waals surface area (Å²) in [4.78, 5) is 12.6. The van der Waals surface area contributed by atoms with Gasteiger partial charge in [0, 0.05) is 18.8 Å². The summed E-state index contributed by atoms with van der Waals surface area (Å²) in [7, 11) is 0. The number of hydrogen-bond donors (Lipinski definition) is 1. The van der Waals surface area contributed by atoms with Gasteiger partial charge in [-0.05, 0) is 38.0 Å². The second kappa shape index (κ2) is 3.84. The Balaban J connectivity index is 1.94. The Morgan fingerprint density at radius 3 is 2.90 bits per heavy atom. The number of piperidine rings is 2. The highest BCUT2D eigenvalue weighted by Crippen LogP contribution is 2.63. The zero-order chi connectivity index (χ0) is 14.2. The van der Waals surface area contributed by atoms with Gasteiger partial charge in [-0.3, -0.25) is 4.79 Å². The molecule has 4 rings (SSSR count). The number of carbonyl (C=O) groups excluding carboxylic acids is 1. The van der Waals surface area contributed by atoms with Crippen LogP contribution in [0.4, 0.5) is 0 Å². The minimum Gasteiger partial charge on any atom is -0.632 e. The summed E-state index contributed by atoms with van der Waals surface area (Å²) >= 11 is 0. The van der Waals surface area contributed by atoms with E-state index in [1.807, 2.05) is 0 Å². The fourth-order valence-electron chi connectivity index (χ4n) is 6.46. The van der Waals surface area contributed by atoms with Gasteiger partial charge in [-0.25, -0.2) is 0 Å². The molecule has 0 radical (unpaired) electrons. The summed E-state index contributed by atoms with van der Waals surface area (Å²) in [6.45, 7) is 3.40. The summed E-state index contributed by atoms with van der Waals surface area (Å²) in [6.07, 6.45) is 5.38. The SMILES string of the molecule is CC1C[C@H]2CC(=O)[C@H]3CCC[N+]4([O-])CCC[C@@]2(O)[C@]34C1. The molecule has 2 unspecified atom stereocenters. The van der Waals surface area contributed by atoms with Gasteiger partial charge in [0.15, 0.2) is 0 Å². The molecule has 112 valence electrons. The van der Waals surface area contributed by atoms with Crippen molar-refractivity contribution in [2.45, 2.75) is 63.0 Å². The first-order chi connectivity index (χ1) is 9.43. The number of hydroxylamine groups is 3. The van der Waals surface area contributed by atoms with E-state index in [1.165, 1.54) is 0 Å². The normalized spacial score (nSPS) is 58.1. The van der Waals surface area contributed by atoms with Crippen molar-refractivity contribution in [1.82, 2.24) is 0 Å². The quantitative estimate of drug-likeness (QED) is 0.545. The Kier molecular flexibility index (Phi) is 2.54. The van der Waals surface area contributed by atoms with E-state index in [9.17, 15) is 15.1 Å². The van der Waals surface area contributed by atoms with E-state index in [-0.39, 0.29) is 22.3 Å². The molecule has 20 heavy (non-hydrogen) atoms. The summed E-state index contributed by atoms with van der Waals surface area (Å²) in [5.74, 6) is 0.572. The lowest BCUT2D eigenvalue weighted by molar-refractivity contribution is -0.959. The number of ketones is 1. The maximum Gasteiger partial charge on any atom is 0.142 e. The van der Waals surface area contributed by atoms with E-state index in [4.69, 9.17) is 0 Å². The third-order valence-corrected chi connectivity index (χ3v) is 7.00. The minimum absolute atomic E-state index is 0.0276. The molecular formula is C16H25NO3. The summed E-state index contributed by atoms with van der Waals surface area (Å²) in [6, 6.07) is 0. The van der Waals surface area contributed by atoms with Crippen LogP contribution in [0.15, 0.2) is 0 Å². The largest absolute Gasteiger partial charge is 0.632 e. The molecule has 4 nitrogen and oxygen atoms in total. The van der Waals surface area contributed by atoms with Crippen molar-refractivity contribution in [3.8, 4) is 0 Å². The minimum atomic E-state index is -0.876. The summed E-state index contributed by atoms with van der Waals surface area (Å²) in [5.41, 5.74) is -1.58. The number of Topliss-reactive ketones (excluding diaryl/α,β-unsaturated/α-hetero) is 1. The standard InChI is InChI=1S/C16H25NO3/c1-11-8-12-9-14(18)13-4-2-6-17(20)7-3-5-16(12,19)15(13,17)10-11/h11-13,19H,2-10H2,1H3/t11?,12-,13+,15-,16-,17?/m0/s1. The first-order valence-electron chi connectivity index (χ1n) is 8.26. The number of hydrogen-bond acceptors (Lipinski definition) is 3. The lowest BCUT2D eigenvalue weighted by atomic mass is 9.46. The monoisotopic (exact) mass is 279 g/mol. The Morgan fingerprint density at radius 1 is 1.35 bits per heavy atom. The predicted molar refractivity (Wildman–Crippen MR) is 74.5 cm³/mol. The highest BCUT2D eigenvalue weighted by molar-refractivity contribution is 5.84. The molecule has 1 N–H and O–H groups in total. The molecule has 2 saturated carbocycles. The molecular weight excluding hydrogens is 254 g/mol. The molecule has 2 aliphatic heterocycles. The Morgan fingerprint density at radius 2 is 2.10 bits per heavy atom. The van der Waals surface area contributed by atoms with E-state index in [0.29, 0.717) is 25.4 Å². The van der Waals surface area contributed by atoms with Crippen LogP contribution >= 0.6 is 0 Å². The molecule has 0 aromatic rings. The fraction of sp³-hybridized carbons (Fsp3) is 0.938. The fourth-order valence-corrected chi connectivity index (χ4v) is 6.46. The van der Waals surface area contributed by atoms with Crippen molar-refractivity contribution in [3.05, 3.63) is 5.21 Å². The average Bonchev–Trinajstić information content (AvgIpc) is 2.36. The molecule has 2 bridgehead atoms. The van der Waals surface area contributed by atoms with Crippen LogP contribution in [0.1, 0.15) is 51.9 Å². The van der Waals surface area contributed by atoms with Crippen LogP contribution in [-0.2, 0) is 4.79 Å². The van der Waals surface area contributed by atoms with Crippen LogP contribution in [0.2, 0.25) is 0 Å². The van der Waals surface area contributed by atoms with Gasteiger partial charge in [-0.2, -0.15) is 0 Å². The van der Waals surface area contributed by atoms with Crippen LogP contribution < -0.4 is 0 Å². The summed E-state index contributed by atoms with van der Waals surface area (Å²) < 4.78 is -0.277. The molecule has 2 heterocycles. The second-order valence-corrected chi connectivity index (χ2v) is 7.90. The second-order valence-electron chi connectivity index (χ2n) is 7.90. The molecule has 6 atom stereocenters. The topological polar surface area (TPSA) is 60.4 Å². The van der Waals surface area contributed by atoms with Crippen LogP contribution in [0, 0.1) is 23.0 Å². The zero-order valence-corrected chi connectivity index (χ0v) is 12.3. The highest BCUT2D eigenvalue weighted by Gasteiger charge is 2.75. The third-order valence-electron chi connectivity index (χ3n) is 7.00. The van der Waals surface area contributed by atoms with E-state index >= 15 is 0 Å². The van der Waals surface area contributed by atoms with Crippen molar-refractivity contribution >= 4 is 5.78 Å². The molecule has 2 saturated heterocycles. The Hall–Kier alpha value is -0.450. The maximum absolute atomic E-state index is 13.6. The van der Waals surface area contributed by atoms with Crippen LogP contribution in [0.25, 0.3) is 0 Å². The molecule has 2 aliphatic carbocycles. The first-order valence-corrected chi connectivity index (χ1v) is 8.26. The number of aliphatic hydroxyl groups is 1. The van der Waals surface area contributed by atoms with Gasteiger partial charge >= 0.3 is 0 Å². The van der Waals surface area contributed by atoms with E-state index in [2.05, 4.69) is 6.92 Å². The lowest BCUT2D eigenvalue weighted by Crippen LogP contribution is -2.85. The van der Waals surface area contributed by atoms with Crippen molar-refractivity contribution in [1.29, 1.82) is 0 Å². The predicted octanol–water partition coefficient (Wildman–Crippen LogP) is 1.99. The van der Waals surface area contributed by atoms with Gasteiger partial charge in [0.05, 0.1) is 19.0 Å². The van der Waals surface area contributed by atoms with Crippen molar-refractivity contribution in [3.63, 3.8) is 0 Å². The first kappa shape index (κ1) is 13.2. The lowest BCUT2D eigenvalue weighted by Gasteiger charge is -2.74. The number of carbonyl (C=O) groups is 1. The van der Waals surface area contributed by atoms with Crippen molar-refractivity contribution < 1.29 is 14.5 Å². The number of quaternary nitrogens is 1. The summed E-state index contributed by atoms with van der Waals surface area (Å²) in [5, 5.41) is 25.1. The molecule has 1 spiro atoms. The number of nitrogens with zero attached hydrogens (tertiary/aromatic N) is 1. The molecule has 4 heteroatoms. The number of rotatable bonds is 0. The molecule has 4 aliphatic rings. The van der Waals surface area contributed by atoms with Gasteiger partial charge < -0.3 is 15.0 Å².